The second-order valence-electron chi connectivity index (χ2n) is 4.50. The Labute approximate surface area is 124 Å². The molecule has 2 aromatic rings. The predicted molar refractivity (Wildman–Crippen MR) is 80.5 cm³/mol. The van der Waals surface area contributed by atoms with Gasteiger partial charge in [-0.1, -0.05) is 0 Å². The van der Waals surface area contributed by atoms with Crippen molar-refractivity contribution in [2.75, 3.05) is 18.4 Å². The lowest BCUT2D eigenvalue weighted by Crippen LogP contribution is -2.26. The molecule has 0 spiro atoms. The zero-order valence-corrected chi connectivity index (χ0v) is 12.9. The van der Waals surface area contributed by atoms with Crippen LogP contribution < -0.4 is 10.0 Å². The lowest BCUT2D eigenvalue weighted by Gasteiger charge is -2.08. The van der Waals surface area contributed by atoms with Crippen molar-refractivity contribution in [2.24, 2.45) is 7.05 Å². The average molecular weight is 309 g/mol. The summed E-state index contributed by atoms with van der Waals surface area (Å²) in [4.78, 5) is 4.22. The van der Waals surface area contributed by atoms with Gasteiger partial charge in [0.15, 0.2) is 0 Å². The number of nitrogens with one attached hydrogen (secondary N) is 2. The van der Waals surface area contributed by atoms with Crippen LogP contribution in [0.2, 0.25) is 0 Å². The molecule has 7 nitrogen and oxygen atoms in total. The minimum atomic E-state index is -3.53. The van der Waals surface area contributed by atoms with Gasteiger partial charge >= 0.3 is 0 Å². The van der Waals surface area contributed by atoms with Crippen molar-refractivity contribution in [3.8, 4) is 0 Å². The molecule has 0 fully saturated rings. The second kappa shape index (κ2) is 6.68. The number of sulfonamides is 1. The normalized spacial score (nSPS) is 11.5. The average Bonchev–Trinajstić information content (AvgIpc) is 2.85. The Morgan fingerprint density at radius 1 is 1.29 bits per heavy atom. The van der Waals surface area contributed by atoms with E-state index < -0.39 is 10.0 Å². The molecule has 2 aromatic heterocycles. The molecule has 0 saturated heterocycles. The van der Waals surface area contributed by atoms with E-state index >= 15 is 0 Å². The lowest BCUT2D eigenvalue weighted by atomic mass is 10.3. The van der Waals surface area contributed by atoms with Gasteiger partial charge in [0.1, 0.15) is 10.7 Å². The van der Waals surface area contributed by atoms with Crippen LogP contribution in [0.15, 0.2) is 35.5 Å². The fourth-order valence-electron chi connectivity index (χ4n) is 1.87. The number of hydrogen-bond acceptors (Lipinski definition) is 5. The maximum atomic E-state index is 12.1. The monoisotopic (exact) mass is 309 g/mol. The first kappa shape index (κ1) is 15.5. The molecule has 0 aliphatic heterocycles. The Balaban J connectivity index is 1.96. The van der Waals surface area contributed by atoms with E-state index in [1.165, 1.54) is 12.3 Å². The van der Waals surface area contributed by atoms with Crippen LogP contribution in [-0.4, -0.2) is 36.3 Å². The molecule has 2 N–H and O–H groups in total. The maximum Gasteiger partial charge on any atom is 0.242 e. The van der Waals surface area contributed by atoms with E-state index in [4.69, 9.17) is 0 Å². The molecule has 0 radical (unpaired) electrons. The highest BCUT2D eigenvalue weighted by molar-refractivity contribution is 7.89. The number of rotatable bonds is 7. The van der Waals surface area contributed by atoms with Crippen molar-refractivity contribution in [2.45, 2.75) is 18.2 Å². The number of nitrogens with zero attached hydrogens (tertiary/aromatic N) is 3. The Hall–Kier alpha value is -1.93. The molecular formula is C13H19N5O2S. The van der Waals surface area contributed by atoms with Crippen molar-refractivity contribution in [3.63, 3.8) is 0 Å². The summed E-state index contributed by atoms with van der Waals surface area (Å²) >= 11 is 0. The van der Waals surface area contributed by atoms with Gasteiger partial charge in [-0.25, -0.2) is 18.1 Å². The third-order valence-corrected chi connectivity index (χ3v) is 4.45. The van der Waals surface area contributed by atoms with Gasteiger partial charge in [-0.15, -0.1) is 0 Å². The first-order valence-corrected chi connectivity index (χ1v) is 8.17. The first-order valence-electron chi connectivity index (χ1n) is 6.69. The van der Waals surface area contributed by atoms with E-state index in [9.17, 15) is 8.42 Å². The van der Waals surface area contributed by atoms with Gasteiger partial charge in [0.25, 0.3) is 0 Å². The van der Waals surface area contributed by atoms with E-state index in [2.05, 4.69) is 20.1 Å². The molecule has 2 rings (SSSR count). The fourth-order valence-corrected chi connectivity index (χ4v) is 2.84. The molecule has 0 saturated carbocycles. The summed E-state index contributed by atoms with van der Waals surface area (Å²) in [6.45, 7) is 3.01. The topological polar surface area (TPSA) is 88.9 Å². The standard InChI is InChI=1S/C13H19N5O2S/c1-3-14-13-5-4-12(10-15-13)21(19,20)17-9-7-11-6-8-16-18(11)2/h4-6,8,10,17H,3,7,9H2,1-2H3,(H,14,15). The number of pyridine rings is 1. The highest BCUT2D eigenvalue weighted by Gasteiger charge is 2.14. The van der Waals surface area contributed by atoms with Gasteiger partial charge in [0, 0.05) is 44.6 Å². The van der Waals surface area contributed by atoms with Crippen molar-refractivity contribution < 1.29 is 8.42 Å². The van der Waals surface area contributed by atoms with Crippen LogP contribution in [0.25, 0.3) is 0 Å². The Morgan fingerprint density at radius 2 is 2.10 bits per heavy atom. The highest BCUT2D eigenvalue weighted by atomic mass is 32.2. The summed E-state index contributed by atoms with van der Waals surface area (Å²) in [5.74, 6) is 0.659. The van der Waals surface area contributed by atoms with Crippen LogP contribution in [0.3, 0.4) is 0 Å². The third-order valence-electron chi connectivity index (χ3n) is 3.00. The van der Waals surface area contributed by atoms with E-state index in [-0.39, 0.29) is 4.90 Å². The number of aromatic nitrogens is 3. The summed E-state index contributed by atoms with van der Waals surface area (Å²) in [5, 5.41) is 7.06. The zero-order valence-electron chi connectivity index (χ0n) is 12.1. The van der Waals surface area contributed by atoms with Crippen molar-refractivity contribution in [3.05, 3.63) is 36.3 Å². The molecule has 0 aromatic carbocycles. The van der Waals surface area contributed by atoms with Crippen molar-refractivity contribution >= 4 is 15.8 Å². The van der Waals surface area contributed by atoms with Crippen LogP contribution in [0.5, 0.6) is 0 Å². The van der Waals surface area contributed by atoms with Crippen LogP contribution in [0.4, 0.5) is 5.82 Å². The SMILES string of the molecule is CCNc1ccc(S(=O)(=O)NCCc2ccnn2C)cn1. The van der Waals surface area contributed by atoms with Crippen molar-refractivity contribution in [1.82, 2.24) is 19.5 Å². The van der Waals surface area contributed by atoms with Gasteiger partial charge in [-0.05, 0) is 25.1 Å². The van der Waals surface area contributed by atoms with Gasteiger partial charge in [0.05, 0.1) is 0 Å². The van der Waals surface area contributed by atoms with E-state index in [0.29, 0.717) is 18.8 Å². The van der Waals surface area contributed by atoms with Crippen molar-refractivity contribution in [1.29, 1.82) is 0 Å². The molecule has 0 atom stereocenters. The number of aryl methyl sites for hydroxylation is 1. The number of anilines is 1. The van der Waals surface area contributed by atoms with E-state index in [0.717, 1.165) is 12.2 Å². The molecule has 0 amide bonds. The lowest BCUT2D eigenvalue weighted by molar-refractivity contribution is 0.579. The molecular weight excluding hydrogens is 290 g/mol. The molecule has 0 bridgehead atoms. The molecule has 114 valence electrons. The molecule has 0 aliphatic rings. The summed E-state index contributed by atoms with van der Waals surface area (Å²) in [5.41, 5.74) is 0.971. The minimum Gasteiger partial charge on any atom is -0.370 e. The summed E-state index contributed by atoms with van der Waals surface area (Å²) in [7, 11) is -1.70. The van der Waals surface area contributed by atoms with Crippen LogP contribution >= 0.6 is 0 Å². The summed E-state index contributed by atoms with van der Waals surface area (Å²) < 4.78 is 28.5. The van der Waals surface area contributed by atoms with E-state index in [1.807, 2.05) is 20.0 Å². The summed E-state index contributed by atoms with van der Waals surface area (Å²) in [6.07, 6.45) is 3.62. The first-order chi connectivity index (χ1) is 10.0. The summed E-state index contributed by atoms with van der Waals surface area (Å²) in [6, 6.07) is 5.05. The van der Waals surface area contributed by atoms with E-state index in [1.54, 1.807) is 16.9 Å². The predicted octanol–water partition coefficient (Wildman–Crippen LogP) is 0.768. The highest BCUT2D eigenvalue weighted by Crippen LogP contribution is 2.10. The Kier molecular flexibility index (Phi) is 4.92. The van der Waals surface area contributed by atoms with Crippen LogP contribution in [-0.2, 0) is 23.5 Å². The minimum absolute atomic E-state index is 0.161. The van der Waals surface area contributed by atoms with Gasteiger partial charge in [-0.2, -0.15) is 5.10 Å². The fraction of sp³-hybridized carbons (Fsp3) is 0.385. The molecule has 0 unspecified atom stereocenters. The second-order valence-corrected chi connectivity index (χ2v) is 6.27. The van der Waals surface area contributed by atoms with Crippen LogP contribution in [0.1, 0.15) is 12.6 Å². The Morgan fingerprint density at radius 3 is 2.67 bits per heavy atom. The molecule has 2 heterocycles. The number of hydrogen-bond donors (Lipinski definition) is 2. The molecule has 8 heteroatoms. The Bertz CT molecular complexity index is 679. The van der Waals surface area contributed by atoms with Gasteiger partial charge in [0.2, 0.25) is 10.0 Å². The largest absolute Gasteiger partial charge is 0.370 e. The van der Waals surface area contributed by atoms with Crippen LogP contribution in [0, 0.1) is 0 Å². The van der Waals surface area contributed by atoms with Gasteiger partial charge < -0.3 is 5.32 Å². The third kappa shape index (κ3) is 4.02. The molecule has 21 heavy (non-hydrogen) atoms. The maximum absolute atomic E-state index is 12.1. The zero-order chi connectivity index (χ0) is 15.3. The quantitative estimate of drug-likeness (QED) is 0.788. The molecule has 0 aliphatic carbocycles. The smallest absolute Gasteiger partial charge is 0.242 e. The van der Waals surface area contributed by atoms with Gasteiger partial charge in [-0.3, -0.25) is 4.68 Å².